The van der Waals surface area contributed by atoms with Gasteiger partial charge in [-0.15, -0.1) is 0 Å². The van der Waals surface area contributed by atoms with Crippen LogP contribution in [0.5, 0.6) is 5.75 Å². The lowest BCUT2D eigenvalue weighted by molar-refractivity contribution is -0.116. The number of amides is 1. The third kappa shape index (κ3) is 4.41. The zero-order valence-electron chi connectivity index (χ0n) is 11.0. The van der Waals surface area contributed by atoms with Crippen LogP contribution in [0, 0.1) is 5.92 Å². The molecule has 1 amide bonds. The smallest absolute Gasteiger partial charge is 0.244 e. The molecule has 0 aromatic heterocycles. The number of carbonyl (C=O) groups is 1. The number of aliphatic hydroxyl groups is 1. The van der Waals surface area contributed by atoms with Gasteiger partial charge >= 0.3 is 0 Å². The van der Waals surface area contributed by atoms with Gasteiger partial charge in [0.2, 0.25) is 5.91 Å². The van der Waals surface area contributed by atoms with Crippen molar-refractivity contribution in [2.45, 2.75) is 18.9 Å². The lowest BCUT2D eigenvalue weighted by atomic mass is 10.2. The maximum Gasteiger partial charge on any atom is 0.244 e. The van der Waals surface area contributed by atoms with Gasteiger partial charge in [-0.3, -0.25) is 4.79 Å². The summed E-state index contributed by atoms with van der Waals surface area (Å²) < 4.78 is 5.06. The molecule has 2 N–H and O–H groups in total. The van der Waals surface area contributed by atoms with Crippen molar-refractivity contribution in [3.63, 3.8) is 0 Å². The normalized spacial score (nSPS) is 16.3. The van der Waals surface area contributed by atoms with Crippen LogP contribution >= 0.6 is 0 Å². The highest BCUT2D eigenvalue weighted by Gasteiger charge is 2.29. The van der Waals surface area contributed by atoms with Crippen molar-refractivity contribution in [3.8, 4) is 5.75 Å². The molecular formula is C15H19NO3. The molecule has 1 aliphatic carbocycles. The predicted octanol–water partition coefficient (Wildman–Crippen LogP) is 1.60. The van der Waals surface area contributed by atoms with Gasteiger partial charge in [0.15, 0.2) is 0 Å². The Hall–Kier alpha value is -1.81. The molecule has 4 nitrogen and oxygen atoms in total. The Morgan fingerprint density at radius 1 is 1.47 bits per heavy atom. The highest BCUT2D eigenvalue weighted by Crippen LogP contribution is 2.32. The molecule has 0 radical (unpaired) electrons. The van der Waals surface area contributed by atoms with Crippen molar-refractivity contribution in [2.75, 3.05) is 13.7 Å². The molecule has 1 aromatic carbocycles. The number of methoxy groups -OCH3 is 1. The van der Waals surface area contributed by atoms with E-state index >= 15 is 0 Å². The molecule has 1 unspecified atom stereocenters. The molecule has 0 spiro atoms. The van der Waals surface area contributed by atoms with E-state index in [-0.39, 0.29) is 5.91 Å². The fourth-order valence-corrected chi connectivity index (χ4v) is 1.80. The van der Waals surface area contributed by atoms with E-state index in [1.807, 2.05) is 24.3 Å². The molecule has 1 saturated carbocycles. The van der Waals surface area contributed by atoms with Crippen molar-refractivity contribution in [2.24, 2.45) is 5.92 Å². The summed E-state index contributed by atoms with van der Waals surface area (Å²) >= 11 is 0. The highest BCUT2D eigenvalue weighted by molar-refractivity contribution is 5.91. The lowest BCUT2D eigenvalue weighted by Crippen LogP contribution is -2.31. The predicted molar refractivity (Wildman–Crippen MR) is 73.8 cm³/mol. The minimum absolute atomic E-state index is 0.185. The number of carbonyl (C=O) groups excluding carboxylic acids is 1. The maximum absolute atomic E-state index is 11.6. The molecule has 1 atom stereocenters. The summed E-state index contributed by atoms with van der Waals surface area (Å²) in [5.41, 5.74) is 0.929. The summed E-state index contributed by atoms with van der Waals surface area (Å²) in [4.78, 5) is 11.6. The van der Waals surface area contributed by atoms with Crippen LogP contribution in [0.4, 0.5) is 0 Å². The molecule has 0 heterocycles. The Bertz CT molecular complexity index is 449. The van der Waals surface area contributed by atoms with Crippen LogP contribution in [0.1, 0.15) is 18.4 Å². The fraction of sp³-hybridized carbons (Fsp3) is 0.400. The van der Waals surface area contributed by atoms with Crippen molar-refractivity contribution in [1.82, 2.24) is 5.32 Å². The number of rotatable bonds is 6. The maximum atomic E-state index is 11.6. The number of hydrogen-bond donors (Lipinski definition) is 2. The minimum atomic E-state index is -0.404. The second kappa shape index (κ2) is 6.38. The largest absolute Gasteiger partial charge is 0.497 e. The Morgan fingerprint density at radius 2 is 2.16 bits per heavy atom. The molecule has 4 heteroatoms. The molecule has 0 bridgehead atoms. The van der Waals surface area contributed by atoms with Crippen LogP contribution in [0.15, 0.2) is 30.3 Å². The standard InChI is InChI=1S/C15H19NO3/c1-19-13-7-2-11(3-8-13)4-9-15(18)16-10-14(17)12-5-6-12/h2-4,7-9,12,14,17H,5-6,10H2,1H3,(H,16,18). The summed E-state index contributed by atoms with van der Waals surface area (Å²) in [7, 11) is 1.61. The Labute approximate surface area is 113 Å². The second-order valence-electron chi connectivity index (χ2n) is 4.76. The van der Waals surface area contributed by atoms with E-state index in [4.69, 9.17) is 4.74 Å². The monoisotopic (exact) mass is 261 g/mol. The molecule has 0 saturated heterocycles. The topological polar surface area (TPSA) is 58.6 Å². The van der Waals surface area contributed by atoms with E-state index in [1.165, 1.54) is 6.08 Å². The van der Waals surface area contributed by atoms with Gasteiger partial charge in [0.25, 0.3) is 0 Å². The third-order valence-electron chi connectivity index (χ3n) is 3.19. The number of aliphatic hydroxyl groups excluding tert-OH is 1. The summed E-state index contributed by atoms with van der Waals surface area (Å²) in [6.07, 6.45) is 4.94. The Balaban J connectivity index is 1.78. The second-order valence-corrected chi connectivity index (χ2v) is 4.76. The molecule has 1 aliphatic rings. The lowest BCUT2D eigenvalue weighted by Gasteiger charge is -2.08. The highest BCUT2D eigenvalue weighted by atomic mass is 16.5. The first-order valence-corrected chi connectivity index (χ1v) is 6.47. The number of benzene rings is 1. The van der Waals surface area contributed by atoms with Gasteiger partial charge in [-0.05, 0) is 42.5 Å². The summed E-state index contributed by atoms with van der Waals surface area (Å²) in [5, 5.41) is 12.3. The first-order valence-electron chi connectivity index (χ1n) is 6.47. The average molecular weight is 261 g/mol. The van der Waals surface area contributed by atoms with E-state index in [9.17, 15) is 9.90 Å². The first-order chi connectivity index (χ1) is 9.19. The summed E-state index contributed by atoms with van der Waals surface area (Å²) in [5.74, 6) is 0.982. The Morgan fingerprint density at radius 3 is 2.74 bits per heavy atom. The van der Waals surface area contributed by atoms with Gasteiger partial charge < -0.3 is 15.2 Å². The van der Waals surface area contributed by atoms with Crippen molar-refractivity contribution in [1.29, 1.82) is 0 Å². The Kier molecular flexibility index (Phi) is 4.58. The molecular weight excluding hydrogens is 242 g/mol. The molecule has 0 aliphatic heterocycles. The molecule has 1 fully saturated rings. The zero-order valence-corrected chi connectivity index (χ0v) is 11.0. The van der Waals surface area contributed by atoms with Crippen molar-refractivity contribution in [3.05, 3.63) is 35.9 Å². The quantitative estimate of drug-likeness (QED) is 0.765. The zero-order chi connectivity index (χ0) is 13.7. The van der Waals surface area contributed by atoms with Crippen LogP contribution < -0.4 is 10.1 Å². The number of nitrogens with one attached hydrogen (secondary N) is 1. The van der Waals surface area contributed by atoms with Crippen LogP contribution in [-0.4, -0.2) is 30.8 Å². The van der Waals surface area contributed by atoms with Crippen LogP contribution in [0.2, 0.25) is 0 Å². The van der Waals surface area contributed by atoms with Crippen LogP contribution in [0.3, 0.4) is 0 Å². The van der Waals surface area contributed by atoms with Crippen LogP contribution in [0.25, 0.3) is 6.08 Å². The molecule has 19 heavy (non-hydrogen) atoms. The number of hydrogen-bond acceptors (Lipinski definition) is 3. The van der Waals surface area contributed by atoms with Crippen molar-refractivity contribution >= 4 is 12.0 Å². The van der Waals surface area contributed by atoms with E-state index in [2.05, 4.69) is 5.32 Å². The van der Waals surface area contributed by atoms with E-state index in [0.717, 1.165) is 24.2 Å². The number of ether oxygens (including phenoxy) is 1. The van der Waals surface area contributed by atoms with Gasteiger partial charge in [-0.2, -0.15) is 0 Å². The molecule has 1 aromatic rings. The van der Waals surface area contributed by atoms with Gasteiger partial charge in [0.1, 0.15) is 5.75 Å². The van der Waals surface area contributed by atoms with E-state index in [1.54, 1.807) is 13.2 Å². The van der Waals surface area contributed by atoms with Gasteiger partial charge in [-0.1, -0.05) is 12.1 Å². The van der Waals surface area contributed by atoms with Gasteiger partial charge in [0.05, 0.1) is 13.2 Å². The minimum Gasteiger partial charge on any atom is -0.497 e. The average Bonchev–Trinajstić information content (AvgIpc) is 3.27. The fourth-order valence-electron chi connectivity index (χ4n) is 1.80. The van der Waals surface area contributed by atoms with Crippen LogP contribution in [-0.2, 0) is 4.79 Å². The molecule has 2 rings (SSSR count). The molecule has 102 valence electrons. The summed E-state index contributed by atoms with van der Waals surface area (Å²) in [6, 6.07) is 7.44. The van der Waals surface area contributed by atoms with Gasteiger partial charge in [-0.25, -0.2) is 0 Å². The SMILES string of the molecule is COc1ccc(C=CC(=O)NCC(O)C2CC2)cc1. The van der Waals surface area contributed by atoms with E-state index in [0.29, 0.717) is 12.5 Å². The first kappa shape index (κ1) is 13.6. The van der Waals surface area contributed by atoms with Gasteiger partial charge in [0, 0.05) is 12.6 Å². The third-order valence-corrected chi connectivity index (χ3v) is 3.19. The van der Waals surface area contributed by atoms with Crippen molar-refractivity contribution < 1.29 is 14.6 Å². The van der Waals surface area contributed by atoms with E-state index < -0.39 is 6.10 Å². The summed E-state index contributed by atoms with van der Waals surface area (Å²) in [6.45, 7) is 0.330.